The van der Waals surface area contributed by atoms with Crippen LogP contribution in [0.1, 0.15) is 32.2 Å². The molecule has 0 aliphatic heterocycles. The van der Waals surface area contributed by atoms with Crippen LogP contribution >= 0.6 is 11.3 Å². The summed E-state index contributed by atoms with van der Waals surface area (Å²) in [5.74, 6) is 0.197. The smallest absolute Gasteiger partial charge is 0.271 e. The van der Waals surface area contributed by atoms with Crippen LogP contribution in [0.2, 0.25) is 0 Å². The van der Waals surface area contributed by atoms with Crippen LogP contribution in [0.5, 0.6) is 5.75 Å². The number of carbonyl (C=O) groups excluding carboxylic acids is 1. The molecule has 0 saturated carbocycles. The minimum absolute atomic E-state index is 0.252. The number of hydrogen-bond acceptors (Lipinski definition) is 4. The third-order valence-corrected chi connectivity index (χ3v) is 4.63. The maximum Gasteiger partial charge on any atom is 0.271 e. The van der Waals surface area contributed by atoms with Gasteiger partial charge in [-0.25, -0.2) is 9.37 Å². The van der Waals surface area contributed by atoms with Gasteiger partial charge in [0.25, 0.3) is 5.91 Å². The van der Waals surface area contributed by atoms with Gasteiger partial charge in [0.05, 0.1) is 0 Å². The number of benzene rings is 2. The molecule has 0 bridgehead atoms. The molecule has 0 saturated heterocycles. The number of nitrogens with one attached hydrogen (secondary N) is 1. The molecule has 1 N–H and O–H groups in total. The molecule has 0 unspecified atom stereocenters. The first-order chi connectivity index (χ1) is 12.5. The molecule has 6 heteroatoms. The number of ether oxygens (including phenoxy) is 1. The fourth-order valence-electron chi connectivity index (χ4n) is 2.50. The largest absolute Gasteiger partial charge is 0.486 e. The molecular formula is C20H19FN2O2S. The van der Waals surface area contributed by atoms with Crippen molar-refractivity contribution < 1.29 is 13.9 Å². The van der Waals surface area contributed by atoms with Crippen molar-refractivity contribution in [2.75, 3.05) is 0 Å². The van der Waals surface area contributed by atoms with Crippen LogP contribution in [0.4, 0.5) is 4.39 Å². The van der Waals surface area contributed by atoms with Crippen LogP contribution in [0.25, 0.3) is 0 Å². The van der Waals surface area contributed by atoms with E-state index in [1.165, 1.54) is 29.0 Å². The summed E-state index contributed by atoms with van der Waals surface area (Å²) in [5.41, 5.74) is 3.29. The van der Waals surface area contributed by atoms with Crippen molar-refractivity contribution >= 4 is 17.2 Å². The minimum Gasteiger partial charge on any atom is -0.486 e. The zero-order valence-corrected chi connectivity index (χ0v) is 15.4. The number of hydrogen-bond donors (Lipinski definition) is 1. The van der Waals surface area contributed by atoms with E-state index < -0.39 is 0 Å². The molecule has 4 nitrogen and oxygen atoms in total. The van der Waals surface area contributed by atoms with Crippen LogP contribution in [-0.4, -0.2) is 10.9 Å². The number of carbonyl (C=O) groups is 1. The summed E-state index contributed by atoms with van der Waals surface area (Å²) in [7, 11) is 0. The molecule has 26 heavy (non-hydrogen) atoms. The van der Waals surface area contributed by atoms with E-state index in [0.717, 1.165) is 16.3 Å². The Hall–Kier alpha value is -2.73. The fourth-order valence-corrected chi connectivity index (χ4v) is 3.19. The highest BCUT2D eigenvalue weighted by Gasteiger charge is 2.11. The standard InChI is InChI=1S/C20H19FN2O2S/c1-13-6-7-18(14(2)8-13)25-11-19-23-17(12-26-19)20(24)22-10-15-4-3-5-16(21)9-15/h3-9,12H,10-11H2,1-2H3,(H,22,24). The second kappa shape index (κ2) is 8.10. The lowest BCUT2D eigenvalue weighted by Crippen LogP contribution is -2.23. The molecule has 1 amide bonds. The average molecular weight is 370 g/mol. The van der Waals surface area contributed by atoms with Crippen molar-refractivity contribution in [3.05, 3.63) is 81.1 Å². The Morgan fingerprint density at radius 2 is 2.08 bits per heavy atom. The van der Waals surface area contributed by atoms with E-state index in [9.17, 15) is 9.18 Å². The van der Waals surface area contributed by atoms with Gasteiger partial charge >= 0.3 is 0 Å². The summed E-state index contributed by atoms with van der Waals surface area (Å²) >= 11 is 1.37. The zero-order chi connectivity index (χ0) is 18.5. The maximum absolute atomic E-state index is 13.2. The van der Waals surface area contributed by atoms with Gasteiger partial charge in [-0.3, -0.25) is 4.79 Å². The molecule has 0 atom stereocenters. The van der Waals surface area contributed by atoms with Crippen molar-refractivity contribution in [3.63, 3.8) is 0 Å². The van der Waals surface area contributed by atoms with Crippen molar-refractivity contribution in [3.8, 4) is 5.75 Å². The van der Waals surface area contributed by atoms with Crippen molar-refractivity contribution in [1.29, 1.82) is 0 Å². The highest BCUT2D eigenvalue weighted by Crippen LogP contribution is 2.21. The number of thiazole rings is 1. The van der Waals surface area contributed by atoms with Crippen LogP contribution in [0.15, 0.2) is 47.8 Å². The summed E-state index contributed by atoms with van der Waals surface area (Å²) in [4.78, 5) is 16.5. The maximum atomic E-state index is 13.2. The normalized spacial score (nSPS) is 10.6. The topological polar surface area (TPSA) is 51.2 Å². The van der Waals surface area contributed by atoms with E-state index in [2.05, 4.69) is 16.4 Å². The Morgan fingerprint density at radius 3 is 2.85 bits per heavy atom. The van der Waals surface area contributed by atoms with E-state index in [4.69, 9.17) is 4.74 Å². The second-order valence-electron chi connectivity index (χ2n) is 6.00. The van der Waals surface area contributed by atoms with E-state index in [1.807, 2.05) is 26.0 Å². The van der Waals surface area contributed by atoms with Crippen LogP contribution < -0.4 is 10.1 Å². The van der Waals surface area contributed by atoms with Crippen LogP contribution in [-0.2, 0) is 13.2 Å². The predicted molar refractivity (Wildman–Crippen MR) is 99.9 cm³/mol. The molecular weight excluding hydrogens is 351 g/mol. The molecule has 0 spiro atoms. The number of halogens is 1. The number of amides is 1. The molecule has 1 aromatic heterocycles. The summed E-state index contributed by atoms with van der Waals surface area (Å²) in [6.07, 6.45) is 0. The Kier molecular flexibility index (Phi) is 5.63. The molecule has 0 aliphatic carbocycles. The third-order valence-electron chi connectivity index (χ3n) is 3.81. The molecule has 0 fully saturated rings. The zero-order valence-electron chi connectivity index (χ0n) is 14.6. The van der Waals surface area contributed by atoms with Gasteiger partial charge in [0.2, 0.25) is 0 Å². The number of aryl methyl sites for hydroxylation is 2. The molecule has 2 aromatic carbocycles. The first-order valence-electron chi connectivity index (χ1n) is 8.18. The van der Waals surface area contributed by atoms with Gasteiger partial charge < -0.3 is 10.1 Å². The van der Waals surface area contributed by atoms with Gasteiger partial charge in [-0.2, -0.15) is 0 Å². The van der Waals surface area contributed by atoms with E-state index in [1.54, 1.807) is 17.5 Å². The van der Waals surface area contributed by atoms with Crippen molar-refractivity contribution in [1.82, 2.24) is 10.3 Å². The third kappa shape index (κ3) is 4.67. The first-order valence-corrected chi connectivity index (χ1v) is 9.06. The van der Waals surface area contributed by atoms with Crippen molar-refractivity contribution in [2.45, 2.75) is 27.0 Å². The monoisotopic (exact) mass is 370 g/mol. The van der Waals surface area contributed by atoms with Gasteiger partial charge in [-0.1, -0.05) is 29.8 Å². The molecule has 3 rings (SSSR count). The molecule has 0 aliphatic rings. The highest BCUT2D eigenvalue weighted by atomic mass is 32.1. The predicted octanol–water partition coefficient (Wildman–Crippen LogP) is 4.41. The Balaban J connectivity index is 1.56. The lowest BCUT2D eigenvalue weighted by Gasteiger charge is -2.08. The second-order valence-corrected chi connectivity index (χ2v) is 6.94. The van der Waals surface area contributed by atoms with Crippen LogP contribution in [0.3, 0.4) is 0 Å². The van der Waals surface area contributed by atoms with E-state index in [-0.39, 0.29) is 18.3 Å². The minimum atomic E-state index is -0.323. The quantitative estimate of drug-likeness (QED) is 0.699. The fraction of sp³-hybridized carbons (Fsp3) is 0.200. The van der Waals surface area contributed by atoms with E-state index >= 15 is 0 Å². The molecule has 134 valence electrons. The van der Waals surface area contributed by atoms with Gasteiger partial charge in [0, 0.05) is 11.9 Å². The lowest BCUT2D eigenvalue weighted by atomic mass is 10.1. The summed E-state index contributed by atoms with van der Waals surface area (Å²) in [6, 6.07) is 12.1. The SMILES string of the molecule is Cc1ccc(OCc2nc(C(=O)NCc3cccc(F)c3)cs2)c(C)c1. The van der Waals surface area contributed by atoms with Gasteiger partial charge in [0.15, 0.2) is 0 Å². The summed E-state index contributed by atoms with van der Waals surface area (Å²) in [5, 5.41) is 5.16. The number of aromatic nitrogens is 1. The molecule has 1 heterocycles. The lowest BCUT2D eigenvalue weighted by molar-refractivity contribution is 0.0946. The van der Waals surface area contributed by atoms with Gasteiger partial charge in [-0.15, -0.1) is 11.3 Å². The van der Waals surface area contributed by atoms with Gasteiger partial charge in [0.1, 0.15) is 28.9 Å². The number of nitrogens with zero attached hydrogens (tertiary/aromatic N) is 1. The average Bonchev–Trinajstić information content (AvgIpc) is 3.08. The molecule has 3 aromatic rings. The summed E-state index contributed by atoms with van der Waals surface area (Å²) in [6.45, 7) is 4.59. The summed E-state index contributed by atoms with van der Waals surface area (Å²) < 4.78 is 18.9. The van der Waals surface area contributed by atoms with E-state index in [0.29, 0.717) is 17.9 Å². The number of rotatable bonds is 6. The highest BCUT2D eigenvalue weighted by molar-refractivity contribution is 7.09. The van der Waals surface area contributed by atoms with Crippen molar-refractivity contribution in [2.24, 2.45) is 0 Å². The van der Waals surface area contributed by atoms with Gasteiger partial charge in [-0.05, 0) is 43.2 Å². The first kappa shape index (κ1) is 18.1. The van der Waals surface area contributed by atoms with Crippen LogP contribution in [0, 0.1) is 19.7 Å². The Labute approximate surface area is 155 Å². The Morgan fingerprint density at radius 1 is 1.23 bits per heavy atom. The molecule has 0 radical (unpaired) electrons. The Bertz CT molecular complexity index is 924.